The molecule has 0 aromatic heterocycles. The molecule has 6 nitrogen and oxygen atoms in total. The molecule has 0 amide bonds. The number of hydrogen-bond donors (Lipinski definition) is 0. The van der Waals surface area contributed by atoms with Crippen molar-refractivity contribution < 1.29 is 28.6 Å². The van der Waals surface area contributed by atoms with Crippen LogP contribution in [0.15, 0.2) is 0 Å². The zero-order valence-electron chi connectivity index (χ0n) is 10.6. The Bertz CT molecular complexity index is 251. The zero-order valence-corrected chi connectivity index (χ0v) is 10.6. The van der Waals surface area contributed by atoms with Crippen LogP contribution in [0.4, 0.5) is 0 Å². The van der Waals surface area contributed by atoms with Crippen LogP contribution < -0.4 is 0 Å². The minimum absolute atomic E-state index is 0.0627. The average Bonchev–Trinajstić information content (AvgIpc) is 2.28. The summed E-state index contributed by atoms with van der Waals surface area (Å²) in [7, 11) is 0. The van der Waals surface area contributed by atoms with Crippen molar-refractivity contribution >= 4 is 17.9 Å². The Morgan fingerprint density at radius 3 is 1.18 bits per heavy atom. The van der Waals surface area contributed by atoms with Gasteiger partial charge in [0.25, 0.3) is 5.41 Å². The van der Waals surface area contributed by atoms with Crippen LogP contribution >= 0.6 is 0 Å². The maximum atomic E-state index is 11.7. The fraction of sp³-hybridized carbons (Fsp3) is 0.727. The Morgan fingerprint density at radius 1 is 0.765 bits per heavy atom. The van der Waals surface area contributed by atoms with Crippen molar-refractivity contribution in [3.8, 4) is 0 Å². The quantitative estimate of drug-likeness (QED) is 0.389. The highest BCUT2D eigenvalue weighted by molar-refractivity contribution is 6.17. The Labute approximate surface area is 100 Å². The SMILES string of the molecule is CCOC(=O)C(C)(C(=O)OCC)C(=O)OCC. The van der Waals surface area contributed by atoms with Crippen LogP contribution in [0.1, 0.15) is 27.7 Å². The molecule has 98 valence electrons. The molecule has 6 heteroatoms. The Morgan fingerprint density at radius 2 is 1.00 bits per heavy atom. The molecule has 0 aromatic rings. The van der Waals surface area contributed by atoms with Crippen LogP contribution in [0.25, 0.3) is 0 Å². The normalized spacial score (nSPS) is 10.6. The molecule has 17 heavy (non-hydrogen) atoms. The van der Waals surface area contributed by atoms with E-state index in [1.54, 1.807) is 20.8 Å². The molecule has 0 saturated carbocycles. The molecular weight excluding hydrogens is 228 g/mol. The maximum absolute atomic E-state index is 11.7. The van der Waals surface area contributed by atoms with Crippen LogP contribution in [-0.4, -0.2) is 37.7 Å². The largest absolute Gasteiger partial charge is 0.465 e. The first kappa shape index (κ1) is 15.4. The minimum atomic E-state index is -2.05. The molecule has 0 heterocycles. The van der Waals surface area contributed by atoms with E-state index < -0.39 is 23.3 Å². The molecule has 0 radical (unpaired) electrons. The van der Waals surface area contributed by atoms with Crippen molar-refractivity contribution in [3.05, 3.63) is 0 Å². The van der Waals surface area contributed by atoms with E-state index in [1.807, 2.05) is 0 Å². The van der Waals surface area contributed by atoms with Gasteiger partial charge in [0.1, 0.15) is 0 Å². The first-order valence-corrected chi connectivity index (χ1v) is 5.46. The molecule has 0 saturated heterocycles. The van der Waals surface area contributed by atoms with Crippen LogP contribution in [0.3, 0.4) is 0 Å². The first-order chi connectivity index (χ1) is 7.94. The van der Waals surface area contributed by atoms with Gasteiger partial charge in [-0.3, -0.25) is 14.4 Å². The van der Waals surface area contributed by atoms with Crippen LogP contribution in [0.5, 0.6) is 0 Å². The van der Waals surface area contributed by atoms with Crippen molar-refractivity contribution in [2.45, 2.75) is 27.7 Å². The lowest BCUT2D eigenvalue weighted by atomic mass is 9.91. The molecule has 0 spiro atoms. The second kappa shape index (κ2) is 6.88. The Balaban J connectivity index is 5.12. The molecule has 0 aliphatic rings. The van der Waals surface area contributed by atoms with Crippen molar-refractivity contribution in [3.63, 3.8) is 0 Å². The van der Waals surface area contributed by atoms with Gasteiger partial charge in [-0.1, -0.05) is 0 Å². The van der Waals surface area contributed by atoms with Gasteiger partial charge in [0, 0.05) is 0 Å². The third-order valence-corrected chi connectivity index (χ3v) is 2.05. The Hall–Kier alpha value is -1.59. The van der Waals surface area contributed by atoms with Crippen molar-refractivity contribution in [1.82, 2.24) is 0 Å². The minimum Gasteiger partial charge on any atom is -0.465 e. The number of carbonyl (C=O) groups is 3. The zero-order chi connectivity index (χ0) is 13.5. The van der Waals surface area contributed by atoms with Crippen molar-refractivity contribution in [2.24, 2.45) is 5.41 Å². The fourth-order valence-corrected chi connectivity index (χ4v) is 1.08. The molecule has 0 fully saturated rings. The summed E-state index contributed by atoms with van der Waals surface area (Å²) in [5.74, 6) is -2.88. The summed E-state index contributed by atoms with van der Waals surface area (Å²) >= 11 is 0. The molecule has 0 aliphatic heterocycles. The van der Waals surface area contributed by atoms with E-state index in [-0.39, 0.29) is 19.8 Å². The van der Waals surface area contributed by atoms with E-state index in [1.165, 1.54) is 0 Å². The second-order valence-electron chi connectivity index (χ2n) is 3.29. The summed E-state index contributed by atoms with van der Waals surface area (Å²) < 4.78 is 14.1. The number of esters is 3. The fourth-order valence-electron chi connectivity index (χ4n) is 1.08. The topological polar surface area (TPSA) is 78.9 Å². The average molecular weight is 246 g/mol. The van der Waals surface area contributed by atoms with E-state index in [9.17, 15) is 14.4 Å². The van der Waals surface area contributed by atoms with Crippen LogP contribution in [-0.2, 0) is 28.6 Å². The molecule has 0 atom stereocenters. The van der Waals surface area contributed by atoms with Crippen molar-refractivity contribution in [2.75, 3.05) is 19.8 Å². The van der Waals surface area contributed by atoms with Gasteiger partial charge in [-0.05, 0) is 27.7 Å². The highest BCUT2D eigenvalue weighted by atomic mass is 16.6. The predicted octanol–water partition coefficient (Wildman–Crippen LogP) is 0.682. The van der Waals surface area contributed by atoms with Crippen molar-refractivity contribution in [1.29, 1.82) is 0 Å². The monoisotopic (exact) mass is 246 g/mol. The molecule has 0 rings (SSSR count). The highest BCUT2D eigenvalue weighted by Crippen LogP contribution is 2.23. The predicted molar refractivity (Wildman–Crippen MR) is 58.0 cm³/mol. The molecule has 0 aromatic carbocycles. The molecular formula is C11H18O6. The lowest BCUT2D eigenvalue weighted by Crippen LogP contribution is -2.47. The summed E-state index contributed by atoms with van der Waals surface area (Å²) in [5.41, 5.74) is -2.05. The summed E-state index contributed by atoms with van der Waals surface area (Å²) in [6.07, 6.45) is 0. The molecule has 0 N–H and O–H groups in total. The van der Waals surface area contributed by atoms with Gasteiger partial charge in [-0.2, -0.15) is 0 Å². The van der Waals surface area contributed by atoms with E-state index in [2.05, 4.69) is 0 Å². The molecule has 0 aliphatic carbocycles. The van der Waals surface area contributed by atoms with E-state index in [4.69, 9.17) is 14.2 Å². The van der Waals surface area contributed by atoms with Gasteiger partial charge in [-0.15, -0.1) is 0 Å². The number of carbonyl (C=O) groups excluding carboxylic acids is 3. The van der Waals surface area contributed by atoms with Gasteiger partial charge in [0.05, 0.1) is 19.8 Å². The highest BCUT2D eigenvalue weighted by Gasteiger charge is 2.53. The first-order valence-electron chi connectivity index (χ1n) is 5.46. The summed E-state index contributed by atoms with van der Waals surface area (Å²) in [5, 5.41) is 0. The van der Waals surface area contributed by atoms with E-state index in [0.29, 0.717) is 0 Å². The summed E-state index contributed by atoms with van der Waals surface area (Å²) in [4.78, 5) is 35.0. The number of hydrogen-bond acceptors (Lipinski definition) is 6. The second-order valence-corrected chi connectivity index (χ2v) is 3.29. The third kappa shape index (κ3) is 3.44. The third-order valence-electron chi connectivity index (χ3n) is 2.05. The summed E-state index contributed by atoms with van der Waals surface area (Å²) in [6.45, 7) is 6.06. The van der Waals surface area contributed by atoms with E-state index in [0.717, 1.165) is 6.92 Å². The van der Waals surface area contributed by atoms with Gasteiger partial charge in [0.15, 0.2) is 0 Å². The number of rotatable bonds is 6. The van der Waals surface area contributed by atoms with Crippen LogP contribution in [0, 0.1) is 5.41 Å². The number of ether oxygens (including phenoxy) is 3. The van der Waals surface area contributed by atoms with E-state index >= 15 is 0 Å². The maximum Gasteiger partial charge on any atom is 0.334 e. The molecule has 0 bridgehead atoms. The molecule has 0 unspecified atom stereocenters. The van der Waals surface area contributed by atoms with Crippen LogP contribution in [0.2, 0.25) is 0 Å². The lowest BCUT2D eigenvalue weighted by Gasteiger charge is -2.22. The lowest BCUT2D eigenvalue weighted by molar-refractivity contribution is -0.182. The van der Waals surface area contributed by atoms with Gasteiger partial charge >= 0.3 is 17.9 Å². The summed E-state index contributed by atoms with van der Waals surface area (Å²) in [6, 6.07) is 0. The Kier molecular flexibility index (Phi) is 6.23. The van der Waals surface area contributed by atoms with Gasteiger partial charge in [0.2, 0.25) is 0 Å². The smallest absolute Gasteiger partial charge is 0.334 e. The van der Waals surface area contributed by atoms with Gasteiger partial charge in [-0.25, -0.2) is 0 Å². The van der Waals surface area contributed by atoms with Gasteiger partial charge < -0.3 is 14.2 Å². The standard InChI is InChI=1S/C11H18O6/c1-5-15-8(12)11(4,9(13)16-6-2)10(14)17-7-3/h5-7H2,1-4H3.